The fourth-order valence-corrected chi connectivity index (χ4v) is 5.95. The molecule has 2 amide bonds. The van der Waals surface area contributed by atoms with Gasteiger partial charge in [0.25, 0.3) is 0 Å². The van der Waals surface area contributed by atoms with Crippen LogP contribution in [0, 0.1) is 11.8 Å². The third kappa shape index (κ3) is 3.10. The highest BCUT2D eigenvalue weighted by atomic mass is 79.9. The lowest BCUT2D eigenvalue weighted by Gasteiger charge is -2.27. The SMILES string of the molecule is COc1ccc(N2C(=O)[C@H]3[C@@H](c4ccc(Br)cc4)OC4(C(=O)c5ccccc5C4=O)[C@@H]3C2=O)cc1OC. The van der Waals surface area contributed by atoms with E-state index in [1.807, 2.05) is 0 Å². The minimum absolute atomic E-state index is 0.188. The van der Waals surface area contributed by atoms with Crippen LogP contribution in [0.5, 0.6) is 11.5 Å². The van der Waals surface area contributed by atoms with Crippen molar-refractivity contribution in [1.29, 1.82) is 0 Å². The number of carbonyl (C=O) groups excluding carboxylic acids is 4. The van der Waals surface area contributed by atoms with Crippen LogP contribution in [0.1, 0.15) is 32.4 Å². The van der Waals surface area contributed by atoms with Gasteiger partial charge in [-0.1, -0.05) is 52.3 Å². The number of benzene rings is 3. The molecule has 3 atom stereocenters. The van der Waals surface area contributed by atoms with Gasteiger partial charge in [0.05, 0.1) is 37.8 Å². The van der Waals surface area contributed by atoms with E-state index < -0.39 is 46.9 Å². The zero-order chi connectivity index (χ0) is 26.1. The fourth-order valence-electron chi connectivity index (χ4n) is 5.69. The summed E-state index contributed by atoms with van der Waals surface area (Å²) in [6.07, 6.45) is -0.984. The summed E-state index contributed by atoms with van der Waals surface area (Å²) in [4.78, 5) is 56.6. The van der Waals surface area contributed by atoms with Crippen molar-refractivity contribution in [3.63, 3.8) is 0 Å². The van der Waals surface area contributed by atoms with Crippen LogP contribution in [0.3, 0.4) is 0 Å². The van der Waals surface area contributed by atoms with E-state index in [-0.39, 0.29) is 16.8 Å². The summed E-state index contributed by atoms with van der Waals surface area (Å²) < 4.78 is 17.7. The lowest BCUT2D eigenvalue weighted by molar-refractivity contribution is -0.127. The number of rotatable bonds is 4. The second-order valence-electron chi connectivity index (χ2n) is 9.08. The molecule has 1 aliphatic carbocycles. The molecular formula is C28H20BrNO7. The summed E-state index contributed by atoms with van der Waals surface area (Å²) in [6, 6.07) is 18.1. The Bertz CT molecular complexity index is 1460. The Morgan fingerprint density at radius 1 is 0.811 bits per heavy atom. The molecule has 9 heteroatoms. The number of ether oxygens (including phenoxy) is 3. The van der Waals surface area contributed by atoms with E-state index in [0.29, 0.717) is 17.1 Å². The minimum atomic E-state index is -2.12. The molecule has 0 radical (unpaired) electrons. The fraction of sp³-hybridized carbons (Fsp3) is 0.214. The molecule has 3 aromatic rings. The van der Waals surface area contributed by atoms with E-state index >= 15 is 0 Å². The molecule has 2 fully saturated rings. The van der Waals surface area contributed by atoms with Gasteiger partial charge in [-0.2, -0.15) is 0 Å². The first-order valence-corrected chi connectivity index (χ1v) is 12.3. The molecule has 0 N–H and O–H groups in total. The molecule has 2 heterocycles. The topological polar surface area (TPSA) is 99.2 Å². The number of halogens is 1. The Labute approximate surface area is 220 Å². The minimum Gasteiger partial charge on any atom is -0.493 e. The first-order chi connectivity index (χ1) is 17.8. The van der Waals surface area contributed by atoms with E-state index in [9.17, 15) is 19.2 Å². The molecule has 0 unspecified atom stereocenters. The maximum atomic E-state index is 14.0. The van der Waals surface area contributed by atoms with Crippen molar-refractivity contribution < 1.29 is 33.4 Å². The van der Waals surface area contributed by atoms with Crippen molar-refractivity contribution in [2.45, 2.75) is 11.7 Å². The van der Waals surface area contributed by atoms with Gasteiger partial charge >= 0.3 is 0 Å². The number of imide groups is 1. The van der Waals surface area contributed by atoms with Crippen LogP contribution < -0.4 is 14.4 Å². The van der Waals surface area contributed by atoms with Crippen molar-refractivity contribution in [1.82, 2.24) is 0 Å². The van der Waals surface area contributed by atoms with Crippen molar-refractivity contribution in [2.24, 2.45) is 11.8 Å². The molecule has 2 saturated heterocycles. The molecule has 1 spiro atoms. The van der Waals surface area contributed by atoms with Crippen molar-refractivity contribution in [3.05, 3.63) is 87.9 Å². The molecule has 2 aliphatic heterocycles. The van der Waals surface area contributed by atoms with Gasteiger partial charge < -0.3 is 14.2 Å². The molecular weight excluding hydrogens is 542 g/mol. The van der Waals surface area contributed by atoms with Gasteiger partial charge in [-0.25, -0.2) is 4.90 Å². The van der Waals surface area contributed by atoms with Crippen LogP contribution >= 0.6 is 15.9 Å². The zero-order valence-corrected chi connectivity index (χ0v) is 21.4. The molecule has 8 nitrogen and oxygen atoms in total. The quantitative estimate of drug-likeness (QED) is 0.348. The maximum Gasteiger partial charge on any atom is 0.241 e. The number of anilines is 1. The lowest BCUT2D eigenvalue weighted by atomic mass is 9.77. The average molecular weight is 562 g/mol. The summed E-state index contributed by atoms with van der Waals surface area (Å²) in [6.45, 7) is 0. The van der Waals surface area contributed by atoms with Gasteiger partial charge in [0.1, 0.15) is 0 Å². The standard InChI is InChI=1S/C28H20BrNO7/c1-35-19-12-11-16(13-20(19)36-2)30-26(33)21-22(27(30)34)28(37-23(21)14-7-9-15(29)10-8-14)24(31)17-5-3-4-6-18(17)25(28)32/h3-13,21-23H,1-2H3/t21-,22+,23-/m1/s1. The molecule has 0 bridgehead atoms. The van der Waals surface area contributed by atoms with Gasteiger partial charge in [-0.3, -0.25) is 19.2 Å². The predicted octanol–water partition coefficient (Wildman–Crippen LogP) is 4.16. The van der Waals surface area contributed by atoms with Gasteiger partial charge in [0.15, 0.2) is 11.5 Å². The average Bonchev–Trinajstić information content (AvgIpc) is 3.48. The van der Waals surface area contributed by atoms with E-state index in [4.69, 9.17) is 14.2 Å². The summed E-state index contributed by atoms with van der Waals surface area (Å²) in [7, 11) is 2.93. The second kappa shape index (κ2) is 8.36. The second-order valence-corrected chi connectivity index (χ2v) is 10.00. The number of carbonyl (C=O) groups is 4. The van der Waals surface area contributed by atoms with E-state index in [0.717, 1.165) is 9.37 Å². The summed E-state index contributed by atoms with van der Waals surface area (Å²) in [5.74, 6) is -4.07. The molecule has 3 aliphatic rings. The third-order valence-corrected chi connectivity index (χ3v) is 7.87. The number of hydrogen-bond acceptors (Lipinski definition) is 7. The van der Waals surface area contributed by atoms with Gasteiger partial charge in [0.2, 0.25) is 29.0 Å². The van der Waals surface area contributed by atoms with Crippen LogP contribution in [0.2, 0.25) is 0 Å². The molecule has 37 heavy (non-hydrogen) atoms. The Kier molecular flexibility index (Phi) is 5.32. The van der Waals surface area contributed by atoms with Crippen molar-refractivity contribution in [3.8, 4) is 11.5 Å². The van der Waals surface area contributed by atoms with Gasteiger partial charge in [0, 0.05) is 21.7 Å². The molecule has 3 aromatic carbocycles. The van der Waals surface area contributed by atoms with Crippen molar-refractivity contribution in [2.75, 3.05) is 19.1 Å². The van der Waals surface area contributed by atoms with E-state index in [1.54, 1.807) is 60.7 Å². The highest BCUT2D eigenvalue weighted by molar-refractivity contribution is 9.10. The van der Waals surface area contributed by atoms with E-state index in [2.05, 4.69) is 15.9 Å². The van der Waals surface area contributed by atoms with E-state index in [1.165, 1.54) is 20.3 Å². The normalized spacial score (nSPS) is 23.5. The Morgan fingerprint density at radius 2 is 1.43 bits per heavy atom. The predicted molar refractivity (Wildman–Crippen MR) is 135 cm³/mol. The number of methoxy groups -OCH3 is 2. The maximum absolute atomic E-state index is 14.0. The number of Topliss-reactive ketones (excluding diaryl/α,β-unsaturated/α-hetero) is 2. The monoisotopic (exact) mass is 561 g/mol. The summed E-state index contributed by atoms with van der Waals surface area (Å²) in [5, 5.41) is 0. The lowest BCUT2D eigenvalue weighted by Crippen LogP contribution is -2.51. The third-order valence-electron chi connectivity index (χ3n) is 7.34. The Hall–Kier alpha value is -3.82. The number of fused-ring (bicyclic) bond motifs is 3. The molecule has 6 rings (SSSR count). The summed E-state index contributed by atoms with van der Waals surface area (Å²) in [5.41, 5.74) is -0.909. The van der Waals surface area contributed by atoms with Gasteiger partial charge in [-0.15, -0.1) is 0 Å². The van der Waals surface area contributed by atoms with Crippen molar-refractivity contribution >= 4 is 45.0 Å². The first-order valence-electron chi connectivity index (χ1n) is 11.5. The highest BCUT2D eigenvalue weighted by Gasteiger charge is 2.74. The highest BCUT2D eigenvalue weighted by Crippen LogP contribution is 2.58. The van der Waals surface area contributed by atoms with Crippen LogP contribution in [0.4, 0.5) is 5.69 Å². The number of nitrogens with zero attached hydrogens (tertiary/aromatic N) is 1. The number of hydrogen-bond donors (Lipinski definition) is 0. The Morgan fingerprint density at radius 3 is 2.03 bits per heavy atom. The summed E-state index contributed by atoms with van der Waals surface area (Å²) >= 11 is 3.40. The molecule has 0 aromatic heterocycles. The smallest absolute Gasteiger partial charge is 0.241 e. The van der Waals surface area contributed by atoms with Gasteiger partial charge in [-0.05, 0) is 29.8 Å². The largest absolute Gasteiger partial charge is 0.493 e. The molecule has 186 valence electrons. The van der Waals surface area contributed by atoms with Crippen LogP contribution in [-0.4, -0.2) is 43.2 Å². The molecule has 0 saturated carbocycles. The Balaban J connectivity index is 1.52. The van der Waals surface area contributed by atoms with Crippen LogP contribution in [0.15, 0.2) is 71.2 Å². The first kappa shape index (κ1) is 23.6. The number of ketones is 2. The van der Waals surface area contributed by atoms with Crippen LogP contribution in [-0.2, 0) is 14.3 Å². The zero-order valence-electron chi connectivity index (χ0n) is 19.8. The van der Waals surface area contributed by atoms with Crippen LogP contribution in [0.25, 0.3) is 0 Å². The number of amides is 2.